The molecule has 0 amide bonds. The fourth-order valence-corrected chi connectivity index (χ4v) is 1.74. The third-order valence-electron chi connectivity index (χ3n) is 2.32. The molecule has 0 aliphatic rings. The van der Waals surface area contributed by atoms with Crippen molar-refractivity contribution in [1.29, 1.82) is 0 Å². The van der Waals surface area contributed by atoms with Crippen LogP contribution < -0.4 is 4.72 Å². The number of thiol groups is 1. The smallest absolute Gasteiger partial charge is 0.128 e. The normalized spacial score (nSPS) is 10.4. The summed E-state index contributed by atoms with van der Waals surface area (Å²) in [5.41, 5.74) is 2.14. The Balaban J connectivity index is 2.52. The molecule has 0 radical (unpaired) electrons. The molecule has 0 bridgehead atoms. The Morgan fingerprint density at radius 3 is 2.75 bits per heavy atom. The maximum absolute atomic E-state index is 13.6. The van der Waals surface area contributed by atoms with Gasteiger partial charge >= 0.3 is 0 Å². The van der Waals surface area contributed by atoms with E-state index in [9.17, 15) is 4.39 Å². The number of rotatable bonds is 3. The first kappa shape index (κ1) is 11.1. The SMILES string of the molecule is Fc1cccc(-c2ccccn2)c1CNS. The van der Waals surface area contributed by atoms with Crippen LogP contribution in [0.4, 0.5) is 4.39 Å². The van der Waals surface area contributed by atoms with Gasteiger partial charge in [-0.2, -0.15) is 0 Å². The first-order chi connectivity index (χ1) is 7.83. The minimum atomic E-state index is -0.246. The molecule has 2 aromatic rings. The summed E-state index contributed by atoms with van der Waals surface area (Å²) in [7, 11) is 0. The number of benzene rings is 1. The van der Waals surface area contributed by atoms with Gasteiger partial charge in [-0.3, -0.25) is 9.71 Å². The summed E-state index contributed by atoms with van der Waals surface area (Å²) in [6.07, 6.45) is 1.69. The molecule has 82 valence electrons. The van der Waals surface area contributed by atoms with Gasteiger partial charge in [0, 0.05) is 23.9 Å². The zero-order valence-electron chi connectivity index (χ0n) is 8.52. The Kier molecular flexibility index (Phi) is 3.54. The molecule has 1 aromatic heterocycles. The lowest BCUT2D eigenvalue weighted by molar-refractivity contribution is 0.609. The number of nitrogens with one attached hydrogen (secondary N) is 1. The van der Waals surface area contributed by atoms with Gasteiger partial charge in [-0.25, -0.2) is 4.39 Å². The number of nitrogens with zero attached hydrogens (tertiary/aromatic N) is 1. The largest absolute Gasteiger partial charge is 0.262 e. The standard InChI is InChI=1S/C12H11FN2S/c13-11-5-3-4-9(10(11)8-15-16)12-6-1-2-7-14-12/h1-7,15-16H,8H2. The van der Waals surface area contributed by atoms with Crippen LogP contribution in [0.25, 0.3) is 11.3 Å². The van der Waals surface area contributed by atoms with Crippen LogP contribution in [0.15, 0.2) is 42.6 Å². The van der Waals surface area contributed by atoms with Crippen LogP contribution in [0.5, 0.6) is 0 Å². The van der Waals surface area contributed by atoms with Crippen LogP contribution in [0.2, 0.25) is 0 Å². The van der Waals surface area contributed by atoms with Crippen molar-refractivity contribution in [2.75, 3.05) is 0 Å². The van der Waals surface area contributed by atoms with Gasteiger partial charge in [-0.05, 0) is 18.2 Å². The first-order valence-electron chi connectivity index (χ1n) is 4.88. The molecule has 0 saturated carbocycles. The Hall–Kier alpha value is -1.39. The summed E-state index contributed by atoms with van der Waals surface area (Å²) < 4.78 is 16.3. The summed E-state index contributed by atoms with van der Waals surface area (Å²) in [5.74, 6) is -0.246. The molecule has 1 N–H and O–H groups in total. The number of aromatic nitrogens is 1. The van der Waals surface area contributed by atoms with Crippen molar-refractivity contribution in [2.45, 2.75) is 6.54 Å². The van der Waals surface area contributed by atoms with E-state index < -0.39 is 0 Å². The lowest BCUT2D eigenvalue weighted by atomic mass is 10.0. The second kappa shape index (κ2) is 5.09. The minimum Gasteiger partial charge on any atom is -0.262 e. The van der Waals surface area contributed by atoms with Crippen LogP contribution in [0.1, 0.15) is 5.56 Å². The Morgan fingerprint density at radius 1 is 1.19 bits per heavy atom. The summed E-state index contributed by atoms with van der Waals surface area (Å²) in [6.45, 7) is 0.363. The summed E-state index contributed by atoms with van der Waals surface area (Å²) in [6, 6.07) is 10.5. The third kappa shape index (κ3) is 2.23. The van der Waals surface area contributed by atoms with E-state index in [1.54, 1.807) is 12.3 Å². The van der Waals surface area contributed by atoms with E-state index in [-0.39, 0.29) is 5.82 Å². The van der Waals surface area contributed by atoms with Gasteiger partial charge in [0.2, 0.25) is 0 Å². The van der Waals surface area contributed by atoms with Gasteiger partial charge in [0.15, 0.2) is 0 Å². The predicted molar refractivity (Wildman–Crippen MR) is 65.5 cm³/mol. The van der Waals surface area contributed by atoms with Crippen molar-refractivity contribution < 1.29 is 4.39 Å². The molecule has 0 saturated heterocycles. The fraction of sp³-hybridized carbons (Fsp3) is 0.0833. The van der Waals surface area contributed by atoms with Gasteiger partial charge in [-0.1, -0.05) is 31.0 Å². The number of hydrogen-bond donors (Lipinski definition) is 2. The molecule has 0 aliphatic heterocycles. The zero-order valence-corrected chi connectivity index (χ0v) is 9.42. The van der Waals surface area contributed by atoms with Crippen molar-refractivity contribution in [2.24, 2.45) is 0 Å². The molecule has 0 atom stereocenters. The van der Waals surface area contributed by atoms with Crippen LogP contribution in [-0.2, 0) is 6.54 Å². The molecule has 0 aliphatic carbocycles. The molecule has 1 heterocycles. The van der Waals surface area contributed by atoms with Crippen molar-refractivity contribution in [1.82, 2.24) is 9.71 Å². The zero-order chi connectivity index (χ0) is 11.4. The van der Waals surface area contributed by atoms with Crippen LogP contribution in [0.3, 0.4) is 0 Å². The topological polar surface area (TPSA) is 24.9 Å². The molecule has 1 aromatic carbocycles. The molecule has 16 heavy (non-hydrogen) atoms. The summed E-state index contributed by atoms with van der Waals surface area (Å²) in [4.78, 5) is 4.21. The van der Waals surface area contributed by atoms with E-state index in [0.717, 1.165) is 11.3 Å². The van der Waals surface area contributed by atoms with Gasteiger partial charge in [0.1, 0.15) is 5.82 Å². The fourth-order valence-electron chi connectivity index (χ4n) is 1.58. The van der Waals surface area contributed by atoms with E-state index in [1.807, 2.05) is 24.3 Å². The Labute approximate surface area is 99.1 Å². The van der Waals surface area contributed by atoms with Gasteiger partial charge in [0.05, 0.1) is 5.69 Å². The molecule has 4 heteroatoms. The first-order valence-corrected chi connectivity index (χ1v) is 5.33. The summed E-state index contributed by atoms with van der Waals surface area (Å²) in [5, 5.41) is 0. The van der Waals surface area contributed by atoms with E-state index in [1.165, 1.54) is 6.07 Å². The van der Waals surface area contributed by atoms with Crippen molar-refractivity contribution in [3.63, 3.8) is 0 Å². The highest BCUT2D eigenvalue weighted by Crippen LogP contribution is 2.23. The molecule has 0 unspecified atom stereocenters. The highest BCUT2D eigenvalue weighted by Gasteiger charge is 2.09. The van der Waals surface area contributed by atoms with Crippen molar-refractivity contribution in [3.05, 3.63) is 54.0 Å². The van der Waals surface area contributed by atoms with E-state index >= 15 is 0 Å². The Bertz CT molecular complexity index is 474. The van der Waals surface area contributed by atoms with E-state index in [4.69, 9.17) is 0 Å². The third-order valence-corrected chi connectivity index (χ3v) is 2.47. The predicted octanol–water partition coefficient (Wildman–Crippen LogP) is 2.82. The van der Waals surface area contributed by atoms with E-state index in [2.05, 4.69) is 22.5 Å². The number of halogens is 1. The molecule has 2 rings (SSSR count). The van der Waals surface area contributed by atoms with Crippen molar-refractivity contribution >= 4 is 12.8 Å². The average molecular weight is 234 g/mol. The van der Waals surface area contributed by atoms with E-state index in [0.29, 0.717) is 12.1 Å². The molecular formula is C12H11FN2S. The second-order valence-electron chi connectivity index (χ2n) is 3.32. The molecule has 0 fully saturated rings. The number of pyridine rings is 1. The highest BCUT2D eigenvalue weighted by molar-refractivity contribution is 7.78. The maximum atomic E-state index is 13.6. The lowest BCUT2D eigenvalue weighted by Crippen LogP contribution is -2.04. The van der Waals surface area contributed by atoms with Gasteiger partial charge < -0.3 is 0 Å². The maximum Gasteiger partial charge on any atom is 0.128 e. The molecular weight excluding hydrogens is 223 g/mol. The molecule has 2 nitrogen and oxygen atoms in total. The lowest BCUT2D eigenvalue weighted by Gasteiger charge is -2.09. The average Bonchev–Trinajstić information content (AvgIpc) is 2.33. The van der Waals surface area contributed by atoms with Crippen LogP contribution >= 0.6 is 12.8 Å². The second-order valence-corrected chi connectivity index (χ2v) is 3.63. The monoisotopic (exact) mass is 234 g/mol. The summed E-state index contributed by atoms with van der Waals surface area (Å²) >= 11 is 3.90. The van der Waals surface area contributed by atoms with Gasteiger partial charge in [-0.15, -0.1) is 0 Å². The van der Waals surface area contributed by atoms with Gasteiger partial charge in [0.25, 0.3) is 0 Å². The molecule has 0 spiro atoms. The number of hydrogen-bond acceptors (Lipinski definition) is 3. The Morgan fingerprint density at radius 2 is 2.06 bits per heavy atom. The highest BCUT2D eigenvalue weighted by atomic mass is 32.1. The van der Waals surface area contributed by atoms with Crippen LogP contribution in [0, 0.1) is 5.82 Å². The minimum absolute atomic E-state index is 0.246. The van der Waals surface area contributed by atoms with Crippen LogP contribution in [-0.4, -0.2) is 4.98 Å². The quantitative estimate of drug-likeness (QED) is 0.798. The van der Waals surface area contributed by atoms with Crippen molar-refractivity contribution in [3.8, 4) is 11.3 Å².